The lowest BCUT2D eigenvalue weighted by atomic mass is 10.0. The molecule has 0 saturated heterocycles. The quantitative estimate of drug-likeness (QED) is 0.862. The first-order chi connectivity index (χ1) is 6.57. The summed E-state index contributed by atoms with van der Waals surface area (Å²) in [5.74, 6) is -1.39. The molecule has 2 N–H and O–H groups in total. The summed E-state index contributed by atoms with van der Waals surface area (Å²) in [6, 6.07) is 1.56. The van der Waals surface area contributed by atoms with Crippen molar-refractivity contribution in [3.63, 3.8) is 0 Å². The molecule has 1 aromatic rings. The first-order valence-electron chi connectivity index (χ1n) is 4.34. The molecule has 0 spiro atoms. The van der Waals surface area contributed by atoms with Gasteiger partial charge in [0, 0.05) is 11.6 Å². The van der Waals surface area contributed by atoms with Gasteiger partial charge in [0.2, 0.25) is 0 Å². The number of hydrogen-bond donors (Lipinski definition) is 1. The molecule has 86 valence electrons. The third-order valence-electron chi connectivity index (χ3n) is 2.11. The van der Waals surface area contributed by atoms with Gasteiger partial charge < -0.3 is 5.73 Å². The van der Waals surface area contributed by atoms with Gasteiger partial charge in [0.1, 0.15) is 11.6 Å². The second-order valence-corrected chi connectivity index (χ2v) is 3.18. The first-order valence-corrected chi connectivity index (χ1v) is 4.34. The van der Waals surface area contributed by atoms with Crippen LogP contribution in [-0.4, -0.2) is 6.67 Å². The Labute approximate surface area is 92.9 Å². The summed E-state index contributed by atoms with van der Waals surface area (Å²) in [5.41, 5.74) is 5.55. The molecule has 0 radical (unpaired) electrons. The van der Waals surface area contributed by atoms with Crippen LogP contribution in [0.5, 0.6) is 0 Å². The SMILES string of the molecule is Cc1ccc(F)c([C@@H](N)CCF)c1F.Cl. The number of rotatable bonds is 3. The van der Waals surface area contributed by atoms with Crippen LogP contribution in [0.1, 0.15) is 23.6 Å². The molecule has 1 rings (SSSR count). The molecule has 5 heteroatoms. The largest absolute Gasteiger partial charge is 0.324 e. The smallest absolute Gasteiger partial charge is 0.133 e. The highest BCUT2D eigenvalue weighted by molar-refractivity contribution is 5.85. The maximum absolute atomic E-state index is 13.4. The van der Waals surface area contributed by atoms with Gasteiger partial charge in [-0.1, -0.05) is 6.07 Å². The molecule has 0 aliphatic rings. The topological polar surface area (TPSA) is 26.0 Å². The van der Waals surface area contributed by atoms with E-state index in [0.717, 1.165) is 6.07 Å². The molecular formula is C10H13ClF3N. The Kier molecular flexibility index (Phi) is 5.68. The summed E-state index contributed by atoms with van der Waals surface area (Å²) in [5, 5.41) is 0. The molecule has 1 aromatic carbocycles. The lowest BCUT2D eigenvalue weighted by molar-refractivity contribution is 0.424. The summed E-state index contributed by atoms with van der Waals surface area (Å²) in [6.07, 6.45) is -0.0721. The third kappa shape index (κ3) is 3.11. The van der Waals surface area contributed by atoms with E-state index < -0.39 is 24.4 Å². The second-order valence-electron chi connectivity index (χ2n) is 3.18. The fraction of sp³-hybridized carbons (Fsp3) is 0.400. The maximum Gasteiger partial charge on any atom is 0.133 e. The van der Waals surface area contributed by atoms with Crippen molar-refractivity contribution >= 4 is 12.4 Å². The molecule has 0 aliphatic carbocycles. The third-order valence-corrected chi connectivity index (χ3v) is 2.11. The van der Waals surface area contributed by atoms with Crippen molar-refractivity contribution in [3.05, 3.63) is 34.9 Å². The van der Waals surface area contributed by atoms with Crippen molar-refractivity contribution in [2.24, 2.45) is 5.73 Å². The van der Waals surface area contributed by atoms with Crippen molar-refractivity contribution in [1.29, 1.82) is 0 Å². The number of halogens is 4. The molecule has 0 saturated carbocycles. The van der Waals surface area contributed by atoms with E-state index in [9.17, 15) is 13.2 Å². The predicted molar refractivity (Wildman–Crippen MR) is 55.9 cm³/mol. The van der Waals surface area contributed by atoms with E-state index in [2.05, 4.69) is 0 Å². The average molecular weight is 240 g/mol. The van der Waals surface area contributed by atoms with Crippen molar-refractivity contribution in [2.75, 3.05) is 6.67 Å². The number of aryl methyl sites for hydroxylation is 1. The molecule has 0 aromatic heterocycles. The van der Waals surface area contributed by atoms with Crippen LogP contribution in [0.3, 0.4) is 0 Å². The Balaban J connectivity index is 0.00000196. The van der Waals surface area contributed by atoms with Crippen molar-refractivity contribution in [3.8, 4) is 0 Å². The van der Waals surface area contributed by atoms with Gasteiger partial charge in [-0.2, -0.15) is 0 Å². The van der Waals surface area contributed by atoms with Gasteiger partial charge in [-0.25, -0.2) is 8.78 Å². The van der Waals surface area contributed by atoms with Gasteiger partial charge in [-0.15, -0.1) is 12.4 Å². The Bertz CT molecular complexity index is 331. The van der Waals surface area contributed by atoms with Gasteiger partial charge in [0.05, 0.1) is 6.67 Å². The zero-order valence-electron chi connectivity index (χ0n) is 8.27. The molecule has 0 heterocycles. The Morgan fingerprint density at radius 3 is 2.47 bits per heavy atom. The fourth-order valence-corrected chi connectivity index (χ4v) is 1.28. The van der Waals surface area contributed by atoms with E-state index in [0.29, 0.717) is 5.56 Å². The molecule has 0 bridgehead atoms. The Morgan fingerprint density at radius 1 is 1.33 bits per heavy atom. The van der Waals surface area contributed by atoms with Crippen molar-refractivity contribution in [2.45, 2.75) is 19.4 Å². The highest BCUT2D eigenvalue weighted by Gasteiger charge is 2.17. The number of hydrogen-bond acceptors (Lipinski definition) is 1. The van der Waals surface area contributed by atoms with Gasteiger partial charge in [0.25, 0.3) is 0 Å². The molecule has 0 fully saturated rings. The minimum atomic E-state index is -0.917. The summed E-state index contributed by atoms with van der Waals surface area (Å²) in [4.78, 5) is 0. The van der Waals surface area contributed by atoms with Crippen molar-refractivity contribution < 1.29 is 13.2 Å². The minimum absolute atomic E-state index is 0. The van der Waals surface area contributed by atoms with Crippen LogP contribution >= 0.6 is 12.4 Å². The molecule has 0 unspecified atom stereocenters. The van der Waals surface area contributed by atoms with Crippen LogP contribution in [0.4, 0.5) is 13.2 Å². The fourth-order valence-electron chi connectivity index (χ4n) is 1.28. The summed E-state index contributed by atoms with van der Waals surface area (Å²) in [7, 11) is 0. The minimum Gasteiger partial charge on any atom is -0.324 e. The van der Waals surface area contributed by atoms with Crippen LogP contribution in [-0.2, 0) is 0 Å². The van der Waals surface area contributed by atoms with Crippen LogP contribution in [0.25, 0.3) is 0 Å². The molecule has 0 amide bonds. The Morgan fingerprint density at radius 2 is 1.93 bits per heavy atom. The summed E-state index contributed by atoms with van der Waals surface area (Å²) < 4.78 is 38.5. The highest BCUT2D eigenvalue weighted by atomic mass is 35.5. The molecular weight excluding hydrogens is 227 g/mol. The van der Waals surface area contributed by atoms with E-state index >= 15 is 0 Å². The number of alkyl halides is 1. The molecule has 0 aliphatic heterocycles. The first kappa shape index (κ1) is 14.3. The van der Waals surface area contributed by atoms with E-state index in [1.165, 1.54) is 13.0 Å². The van der Waals surface area contributed by atoms with E-state index in [4.69, 9.17) is 5.73 Å². The molecule has 1 nitrogen and oxygen atoms in total. The van der Waals surface area contributed by atoms with E-state index in [-0.39, 0.29) is 24.4 Å². The van der Waals surface area contributed by atoms with Gasteiger partial charge in [-0.05, 0) is 25.0 Å². The second kappa shape index (κ2) is 5.98. The van der Waals surface area contributed by atoms with Gasteiger partial charge >= 0.3 is 0 Å². The average Bonchev–Trinajstić information content (AvgIpc) is 2.13. The maximum atomic E-state index is 13.4. The summed E-state index contributed by atoms with van der Waals surface area (Å²) >= 11 is 0. The predicted octanol–water partition coefficient (Wildman–Crippen LogP) is 3.05. The normalized spacial score (nSPS) is 12.1. The standard InChI is InChI=1S/C10H12F3N.ClH/c1-6-2-3-7(12)9(10(6)13)8(14)4-5-11;/h2-3,8H,4-5,14H2,1H3;1H/t8-;/m0./s1. The van der Waals surface area contributed by atoms with Crippen LogP contribution in [0, 0.1) is 18.6 Å². The van der Waals surface area contributed by atoms with Crippen LogP contribution in [0.2, 0.25) is 0 Å². The van der Waals surface area contributed by atoms with Crippen LogP contribution < -0.4 is 5.73 Å². The monoisotopic (exact) mass is 239 g/mol. The number of benzene rings is 1. The lowest BCUT2D eigenvalue weighted by Gasteiger charge is -2.13. The van der Waals surface area contributed by atoms with Gasteiger partial charge in [-0.3, -0.25) is 4.39 Å². The van der Waals surface area contributed by atoms with E-state index in [1.807, 2.05) is 0 Å². The highest BCUT2D eigenvalue weighted by Crippen LogP contribution is 2.23. The molecule has 1 atom stereocenters. The zero-order valence-corrected chi connectivity index (χ0v) is 9.08. The zero-order chi connectivity index (χ0) is 10.7. The van der Waals surface area contributed by atoms with E-state index in [1.54, 1.807) is 0 Å². The van der Waals surface area contributed by atoms with Gasteiger partial charge in [0.15, 0.2) is 0 Å². The number of nitrogens with two attached hydrogens (primary N) is 1. The van der Waals surface area contributed by atoms with Crippen molar-refractivity contribution in [1.82, 2.24) is 0 Å². The lowest BCUT2D eigenvalue weighted by Crippen LogP contribution is -2.15. The molecule has 15 heavy (non-hydrogen) atoms. The summed E-state index contributed by atoms with van der Waals surface area (Å²) in [6.45, 7) is 0.828. The Hall–Kier alpha value is -0.740. The van der Waals surface area contributed by atoms with Crippen LogP contribution in [0.15, 0.2) is 12.1 Å².